The van der Waals surface area contributed by atoms with E-state index >= 15 is 0 Å². The second kappa shape index (κ2) is 3.08. The zero-order valence-corrected chi connectivity index (χ0v) is 6.57. The number of hydrogen-bond donors (Lipinski definition) is 2. The summed E-state index contributed by atoms with van der Waals surface area (Å²) in [6, 6.07) is 1.40. The van der Waals surface area contributed by atoms with Gasteiger partial charge in [-0.1, -0.05) is 0 Å². The molecular weight excluding hydrogens is 158 g/mol. The van der Waals surface area contributed by atoms with Crippen LogP contribution < -0.4 is 16.2 Å². The summed E-state index contributed by atoms with van der Waals surface area (Å²) in [5, 5.41) is 0. The molecule has 0 aromatic carbocycles. The standard InChI is InChI=1S/C7H9N3O2/c1-12-6-2-5(7(9)11)10-3-4(6)8/h2-3H,8H2,1H3,(H2,9,11). The molecule has 5 nitrogen and oxygen atoms in total. The van der Waals surface area contributed by atoms with Crippen molar-refractivity contribution in [2.24, 2.45) is 5.73 Å². The fourth-order valence-electron chi connectivity index (χ4n) is 0.759. The van der Waals surface area contributed by atoms with Gasteiger partial charge in [-0.3, -0.25) is 4.79 Å². The summed E-state index contributed by atoms with van der Waals surface area (Å²) < 4.78 is 4.86. The highest BCUT2D eigenvalue weighted by molar-refractivity contribution is 5.91. The third kappa shape index (κ3) is 1.45. The largest absolute Gasteiger partial charge is 0.494 e. The Balaban J connectivity index is 3.13. The number of aromatic nitrogens is 1. The summed E-state index contributed by atoms with van der Waals surface area (Å²) in [6.07, 6.45) is 1.33. The number of nitrogens with two attached hydrogens (primary N) is 2. The van der Waals surface area contributed by atoms with Crippen LogP contribution >= 0.6 is 0 Å². The molecule has 0 radical (unpaired) electrons. The molecule has 1 aromatic rings. The lowest BCUT2D eigenvalue weighted by Gasteiger charge is -2.03. The van der Waals surface area contributed by atoms with Crippen molar-refractivity contribution in [1.29, 1.82) is 0 Å². The van der Waals surface area contributed by atoms with Crippen molar-refractivity contribution in [2.75, 3.05) is 12.8 Å². The smallest absolute Gasteiger partial charge is 0.267 e. The maximum atomic E-state index is 10.6. The molecule has 0 unspecified atom stereocenters. The van der Waals surface area contributed by atoms with E-state index in [1.54, 1.807) is 0 Å². The fraction of sp³-hybridized carbons (Fsp3) is 0.143. The molecule has 1 aromatic heterocycles. The van der Waals surface area contributed by atoms with E-state index in [1.165, 1.54) is 19.4 Å². The predicted molar refractivity (Wildman–Crippen MR) is 43.7 cm³/mol. The van der Waals surface area contributed by atoms with E-state index in [0.717, 1.165) is 0 Å². The van der Waals surface area contributed by atoms with E-state index in [-0.39, 0.29) is 5.69 Å². The molecule has 12 heavy (non-hydrogen) atoms. The van der Waals surface area contributed by atoms with Crippen molar-refractivity contribution >= 4 is 11.6 Å². The van der Waals surface area contributed by atoms with Crippen LogP contribution in [0.25, 0.3) is 0 Å². The molecule has 64 valence electrons. The molecule has 4 N–H and O–H groups in total. The van der Waals surface area contributed by atoms with Crippen molar-refractivity contribution in [3.8, 4) is 5.75 Å². The summed E-state index contributed by atoms with van der Waals surface area (Å²) >= 11 is 0. The Morgan fingerprint density at radius 2 is 2.33 bits per heavy atom. The molecule has 1 rings (SSSR count). The van der Waals surface area contributed by atoms with Gasteiger partial charge in [-0.2, -0.15) is 0 Å². The van der Waals surface area contributed by atoms with Gasteiger partial charge in [-0.15, -0.1) is 0 Å². The van der Waals surface area contributed by atoms with Gasteiger partial charge in [0, 0.05) is 6.07 Å². The normalized spacial score (nSPS) is 9.42. The highest BCUT2D eigenvalue weighted by atomic mass is 16.5. The molecule has 0 saturated heterocycles. The second-order valence-corrected chi connectivity index (χ2v) is 2.18. The first-order valence-electron chi connectivity index (χ1n) is 3.24. The minimum absolute atomic E-state index is 0.140. The topological polar surface area (TPSA) is 91.2 Å². The zero-order valence-electron chi connectivity index (χ0n) is 6.57. The number of rotatable bonds is 2. The van der Waals surface area contributed by atoms with Crippen LogP contribution in [0.4, 0.5) is 5.69 Å². The van der Waals surface area contributed by atoms with Crippen LogP contribution in [0.3, 0.4) is 0 Å². The number of methoxy groups -OCH3 is 1. The Bertz CT molecular complexity index is 312. The third-order valence-corrected chi connectivity index (χ3v) is 1.37. The van der Waals surface area contributed by atoms with Gasteiger partial charge in [0.05, 0.1) is 19.0 Å². The minimum atomic E-state index is -0.603. The van der Waals surface area contributed by atoms with E-state index in [2.05, 4.69) is 4.98 Å². The van der Waals surface area contributed by atoms with E-state index in [9.17, 15) is 4.79 Å². The molecule has 0 bridgehead atoms. The lowest BCUT2D eigenvalue weighted by Crippen LogP contribution is -2.13. The molecule has 1 amide bonds. The highest BCUT2D eigenvalue weighted by Gasteiger charge is 2.05. The molecule has 1 heterocycles. The lowest BCUT2D eigenvalue weighted by molar-refractivity contribution is 0.0995. The zero-order chi connectivity index (χ0) is 9.14. The second-order valence-electron chi connectivity index (χ2n) is 2.18. The average molecular weight is 167 g/mol. The number of pyridine rings is 1. The minimum Gasteiger partial charge on any atom is -0.494 e. The van der Waals surface area contributed by atoms with Crippen molar-refractivity contribution in [3.05, 3.63) is 18.0 Å². The van der Waals surface area contributed by atoms with E-state index in [0.29, 0.717) is 11.4 Å². The molecule has 0 aliphatic carbocycles. The molecule has 0 fully saturated rings. The molecule has 0 aliphatic rings. The van der Waals surface area contributed by atoms with Gasteiger partial charge in [-0.05, 0) is 0 Å². The van der Waals surface area contributed by atoms with Gasteiger partial charge in [0.15, 0.2) is 0 Å². The van der Waals surface area contributed by atoms with Crippen LogP contribution in [-0.4, -0.2) is 18.0 Å². The van der Waals surface area contributed by atoms with Crippen LogP contribution in [0.5, 0.6) is 5.75 Å². The number of anilines is 1. The number of hydrogen-bond acceptors (Lipinski definition) is 4. The highest BCUT2D eigenvalue weighted by Crippen LogP contribution is 2.19. The molecule has 0 saturated carbocycles. The van der Waals surface area contributed by atoms with Crippen LogP contribution in [0.2, 0.25) is 0 Å². The SMILES string of the molecule is COc1cc(C(N)=O)ncc1N. The van der Waals surface area contributed by atoms with E-state index in [1.807, 2.05) is 0 Å². The molecule has 0 aliphatic heterocycles. The number of ether oxygens (including phenoxy) is 1. The van der Waals surface area contributed by atoms with Gasteiger partial charge in [0.1, 0.15) is 11.4 Å². The predicted octanol–water partition coefficient (Wildman–Crippen LogP) is -0.229. The van der Waals surface area contributed by atoms with Crippen molar-refractivity contribution in [3.63, 3.8) is 0 Å². The van der Waals surface area contributed by atoms with Crippen molar-refractivity contribution in [2.45, 2.75) is 0 Å². The number of nitrogen functional groups attached to an aromatic ring is 1. The Hall–Kier alpha value is -1.78. The Labute approximate surface area is 69.3 Å². The third-order valence-electron chi connectivity index (χ3n) is 1.37. The quantitative estimate of drug-likeness (QED) is 0.636. The molecule has 0 spiro atoms. The fourth-order valence-corrected chi connectivity index (χ4v) is 0.759. The van der Waals surface area contributed by atoms with Gasteiger partial charge in [0.2, 0.25) is 0 Å². The van der Waals surface area contributed by atoms with Crippen molar-refractivity contribution in [1.82, 2.24) is 4.98 Å². The first kappa shape index (κ1) is 8.32. The van der Waals surface area contributed by atoms with Crippen LogP contribution in [0, 0.1) is 0 Å². The summed E-state index contributed by atoms with van der Waals surface area (Å²) in [5.41, 5.74) is 11.0. The molecule has 5 heteroatoms. The Kier molecular flexibility index (Phi) is 2.14. The summed E-state index contributed by atoms with van der Waals surface area (Å²) in [6.45, 7) is 0. The first-order chi connectivity index (χ1) is 5.65. The van der Waals surface area contributed by atoms with E-state index in [4.69, 9.17) is 16.2 Å². The Morgan fingerprint density at radius 3 is 2.83 bits per heavy atom. The number of carbonyl (C=O) groups is 1. The van der Waals surface area contributed by atoms with Crippen molar-refractivity contribution < 1.29 is 9.53 Å². The maximum Gasteiger partial charge on any atom is 0.267 e. The maximum absolute atomic E-state index is 10.6. The van der Waals surface area contributed by atoms with E-state index < -0.39 is 5.91 Å². The van der Waals surface area contributed by atoms with Crippen LogP contribution in [0.1, 0.15) is 10.5 Å². The summed E-state index contributed by atoms with van der Waals surface area (Å²) in [7, 11) is 1.45. The first-order valence-corrected chi connectivity index (χ1v) is 3.24. The van der Waals surface area contributed by atoms with Gasteiger partial charge in [0.25, 0.3) is 5.91 Å². The van der Waals surface area contributed by atoms with Gasteiger partial charge < -0.3 is 16.2 Å². The number of carbonyl (C=O) groups excluding carboxylic acids is 1. The average Bonchev–Trinajstić information content (AvgIpc) is 2.05. The number of amides is 1. The number of primary amides is 1. The number of nitrogens with zero attached hydrogens (tertiary/aromatic N) is 1. The molecular formula is C7H9N3O2. The molecule has 0 atom stereocenters. The lowest BCUT2D eigenvalue weighted by atomic mass is 10.3. The summed E-state index contributed by atoms with van der Waals surface area (Å²) in [5.74, 6) is -0.202. The van der Waals surface area contributed by atoms with Crippen LogP contribution in [-0.2, 0) is 0 Å². The summed E-state index contributed by atoms with van der Waals surface area (Å²) in [4.78, 5) is 14.4. The van der Waals surface area contributed by atoms with Gasteiger partial charge >= 0.3 is 0 Å². The van der Waals surface area contributed by atoms with Crippen LogP contribution in [0.15, 0.2) is 12.3 Å². The monoisotopic (exact) mass is 167 g/mol. The Morgan fingerprint density at radius 1 is 1.67 bits per heavy atom. The van der Waals surface area contributed by atoms with Gasteiger partial charge in [-0.25, -0.2) is 4.98 Å².